The van der Waals surface area contributed by atoms with Gasteiger partial charge in [-0.1, -0.05) is 0 Å². The summed E-state index contributed by atoms with van der Waals surface area (Å²) in [6.45, 7) is 0. The molecule has 92 valence electrons. The number of rotatable bonds is 2. The Morgan fingerprint density at radius 1 is 1.24 bits per heavy atom. The lowest BCUT2D eigenvalue weighted by atomic mass is 9.48. The van der Waals surface area contributed by atoms with Gasteiger partial charge in [0.1, 0.15) is 0 Å². The predicted molar refractivity (Wildman–Crippen MR) is 64.9 cm³/mol. The molecule has 0 aliphatic heterocycles. The molecule has 0 unspecified atom stereocenters. The topological polar surface area (TPSA) is 66.9 Å². The van der Waals surface area contributed by atoms with Crippen LogP contribution in [0.25, 0.3) is 0 Å². The van der Waals surface area contributed by atoms with Crippen LogP contribution < -0.4 is 0 Å². The normalized spacial score (nSPS) is 46.2. The largest absolute Gasteiger partial charge is 0.363 e. The Labute approximate surface area is 109 Å². The van der Waals surface area contributed by atoms with Crippen molar-refractivity contribution < 1.29 is 4.92 Å². The third-order valence-corrected chi connectivity index (χ3v) is 6.45. The molecule has 0 aromatic heterocycles. The summed E-state index contributed by atoms with van der Waals surface area (Å²) in [6, 6.07) is 1.95. The molecule has 1 atom stereocenters. The minimum atomic E-state index is -1.56. The zero-order chi connectivity index (χ0) is 12.3. The van der Waals surface area contributed by atoms with E-state index in [-0.39, 0.29) is 0 Å². The molecule has 4 aliphatic carbocycles. The van der Waals surface area contributed by atoms with E-state index < -0.39 is 14.8 Å². The van der Waals surface area contributed by atoms with Crippen molar-refractivity contribution in [2.24, 2.45) is 23.2 Å². The minimum Gasteiger partial charge on any atom is -0.262 e. The summed E-state index contributed by atoms with van der Waals surface area (Å²) in [5.74, 6) is 1.85. The molecular formula is C12H15BrN2O2. The van der Waals surface area contributed by atoms with Crippen molar-refractivity contribution in [2.75, 3.05) is 0 Å². The van der Waals surface area contributed by atoms with Gasteiger partial charge in [-0.2, -0.15) is 5.26 Å². The number of nitriles is 1. The molecule has 0 N–H and O–H groups in total. The van der Waals surface area contributed by atoms with Crippen molar-refractivity contribution >= 4 is 15.9 Å². The molecule has 17 heavy (non-hydrogen) atoms. The molecular weight excluding hydrogens is 284 g/mol. The monoisotopic (exact) mass is 298 g/mol. The summed E-state index contributed by atoms with van der Waals surface area (Å²) >= 11 is 3.18. The van der Waals surface area contributed by atoms with Crippen LogP contribution in [0.1, 0.15) is 38.5 Å². The summed E-state index contributed by atoms with van der Waals surface area (Å²) in [5.41, 5.74) is -0.417. The summed E-state index contributed by atoms with van der Waals surface area (Å²) in [5, 5.41) is 20.6. The van der Waals surface area contributed by atoms with E-state index in [1.165, 1.54) is 19.3 Å². The lowest BCUT2D eigenvalue weighted by molar-refractivity contribution is -0.545. The Morgan fingerprint density at radius 3 is 1.94 bits per heavy atom. The van der Waals surface area contributed by atoms with Gasteiger partial charge in [0.2, 0.25) is 0 Å². The van der Waals surface area contributed by atoms with Crippen LogP contribution >= 0.6 is 15.9 Å². The second-order valence-corrected chi connectivity index (χ2v) is 7.34. The molecule has 0 saturated heterocycles. The number of hydrogen-bond donors (Lipinski definition) is 0. The molecule has 4 saturated carbocycles. The van der Waals surface area contributed by atoms with Gasteiger partial charge in [0.15, 0.2) is 6.07 Å². The highest BCUT2D eigenvalue weighted by atomic mass is 79.9. The standard InChI is InChI=1S/C12H15BrN2O2/c13-12(7-14,15(16)17)11-4-8-1-9(5-11)3-10(2-8)6-11/h8-10H,1-6H2/t8?,9?,10?,11?,12-/m0/s1. The van der Waals surface area contributed by atoms with Gasteiger partial charge < -0.3 is 0 Å². The maximum Gasteiger partial charge on any atom is 0.363 e. The van der Waals surface area contributed by atoms with E-state index in [1.807, 2.05) is 6.07 Å². The smallest absolute Gasteiger partial charge is 0.262 e. The van der Waals surface area contributed by atoms with Gasteiger partial charge in [-0.25, -0.2) is 0 Å². The number of nitrogens with zero attached hydrogens (tertiary/aromatic N) is 2. The lowest BCUT2D eigenvalue weighted by Gasteiger charge is -2.57. The van der Waals surface area contributed by atoms with E-state index >= 15 is 0 Å². The Bertz CT molecular complexity index is 382. The molecule has 0 aromatic rings. The number of nitro groups is 1. The number of halogens is 1. The third kappa shape index (κ3) is 1.40. The molecule has 4 bridgehead atoms. The molecule has 0 amide bonds. The van der Waals surface area contributed by atoms with Gasteiger partial charge in [-0.05, 0) is 56.3 Å². The van der Waals surface area contributed by atoms with E-state index in [0.29, 0.717) is 17.8 Å². The van der Waals surface area contributed by atoms with Crippen molar-refractivity contribution in [1.82, 2.24) is 0 Å². The van der Waals surface area contributed by atoms with E-state index in [0.717, 1.165) is 19.3 Å². The summed E-state index contributed by atoms with van der Waals surface area (Å²) < 4.78 is -1.56. The van der Waals surface area contributed by atoms with Crippen LogP contribution in [0.4, 0.5) is 0 Å². The van der Waals surface area contributed by atoms with Gasteiger partial charge in [0, 0.05) is 15.9 Å². The molecule has 4 aliphatic rings. The Balaban J connectivity index is 2.02. The third-order valence-electron chi connectivity index (χ3n) is 5.14. The van der Waals surface area contributed by atoms with Gasteiger partial charge in [0.05, 0.1) is 10.3 Å². The highest BCUT2D eigenvalue weighted by Crippen LogP contribution is 2.65. The van der Waals surface area contributed by atoms with Crippen molar-refractivity contribution in [1.29, 1.82) is 5.26 Å². The van der Waals surface area contributed by atoms with Crippen LogP contribution in [0.5, 0.6) is 0 Å². The van der Waals surface area contributed by atoms with E-state index in [9.17, 15) is 15.4 Å². The second kappa shape index (κ2) is 3.44. The Morgan fingerprint density at radius 2 is 1.65 bits per heavy atom. The van der Waals surface area contributed by atoms with Crippen molar-refractivity contribution in [3.05, 3.63) is 10.1 Å². The fraction of sp³-hybridized carbons (Fsp3) is 0.917. The zero-order valence-corrected chi connectivity index (χ0v) is 11.1. The first-order valence-corrected chi connectivity index (χ1v) is 7.03. The molecule has 4 rings (SSSR count). The Hall–Kier alpha value is -0.630. The summed E-state index contributed by atoms with van der Waals surface area (Å²) in [7, 11) is 0. The highest BCUT2D eigenvalue weighted by molar-refractivity contribution is 9.10. The zero-order valence-electron chi connectivity index (χ0n) is 9.56. The summed E-state index contributed by atoms with van der Waals surface area (Å²) in [6.07, 6.45) is 6.26. The first-order chi connectivity index (χ1) is 7.99. The quantitative estimate of drug-likeness (QED) is 0.340. The predicted octanol–water partition coefficient (Wildman–Crippen LogP) is 3.09. The van der Waals surface area contributed by atoms with Gasteiger partial charge in [-0.15, -0.1) is 0 Å². The molecule has 0 radical (unpaired) electrons. The van der Waals surface area contributed by atoms with Crippen LogP contribution in [-0.4, -0.2) is 9.37 Å². The fourth-order valence-electron chi connectivity index (χ4n) is 4.87. The van der Waals surface area contributed by atoms with Gasteiger partial charge in [0.25, 0.3) is 0 Å². The maximum absolute atomic E-state index is 11.3. The second-order valence-electron chi connectivity index (χ2n) is 6.19. The van der Waals surface area contributed by atoms with E-state index in [1.54, 1.807) is 0 Å². The van der Waals surface area contributed by atoms with E-state index in [2.05, 4.69) is 15.9 Å². The fourth-order valence-corrected chi connectivity index (χ4v) is 5.36. The Kier molecular flexibility index (Phi) is 2.32. The van der Waals surface area contributed by atoms with Crippen molar-refractivity contribution in [3.8, 4) is 6.07 Å². The summed E-state index contributed by atoms with van der Waals surface area (Å²) in [4.78, 5) is 10.9. The van der Waals surface area contributed by atoms with Crippen LogP contribution in [-0.2, 0) is 0 Å². The molecule has 5 heteroatoms. The first kappa shape index (κ1) is 11.5. The van der Waals surface area contributed by atoms with Crippen molar-refractivity contribution in [2.45, 2.75) is 43.0 Å². The van der Waals surface area contributed by atoms with E-state index in [4.69, 9.17) is 0 Å². The minimum absolute atomic E-state index is 0.403. The maximum atomic E-state index is 11.3. The molecule has 0 heterocycles. The molecule has 4 nitrogen and oxygen atoms in total. The van der Waals surface area contributed by atoms with Crippen LogP contribution in [0.3, 0.4) is 0 Å². The number of alkyl halides is 1. The SMILES string of the molecule is N#C[C@](Br)([N+](=O)[O-])C12CC3CC(CC(C3)C1)C2. The first-order valence-electron chi connectivity index (χ1n) is 6.24. The van der Waals surface area contributed by atoms with Crippen LogP contribution in [0.15, 0.2) is 0 Å². The number of hydrogen-bond acceptors (Lipinski definition) is 3. The highest BCUT2D eigenvalue weighted by Gasteiger charge is 2.67. The average molecular weight is 299 g/mol. The van der Waals surface area contributed by atoms with Crippen molar-refractivity contribution in [3.63, 3.8) is 0 Å². The van der Waals surface area contributed by atoms with Crippen LogP contribution in [0, 0.1) is 44.6 Å². The lowest BCUT2D eigenvalue weighted by Crippen LogP contribution is -2.58. The molecule has 0 spiro atoms. The molecule has 0 aromatic carbocycles. The average Bonchev–Trinajstić information content (AvgIpc) is 2.25. The molecule has 4 fully saturated rings. The van der Waals surface area contributed by atoms with Gasteiger partial charge >= 0.3 is 4.45 Å². The van der Waals surface area contributed by atoms with Crippen LogP contribution in [0.2, 0.25) is 0 Å². The van der Waals surface area contributed by atoms with Gasteiger partial charge in [-0.3, -0.25) is 10.1 Å².